The van der Waals surface area contributed by atoms with Gasteiger partial charge in [-0.15, -0.1) is 0 Å². The van der Waals surface area contributed by atoms with E-state index in [1.54, 1.807) is 11.3 Å². The Morgan fingerprint density at radius 3 is 2.72 bits per heavy atom. The van der Waals surface area contributed by atoms with Crippen molar-refractivity contribution in [2.24, 2.45) is 0 Å². The van der Waals surface area contributed by atoms with Crippen molar-refractivity contribution >= 4 is 26.6 Å². The van der Waals surface area contributed by atoms with Crippen LogP contribution in [0.2, 0.25) is 0 Å². The van der Waals surface area contributed by atoms with E-state index in [-0.39, 0.29) is 5.75 Å². The third-order valence-electron chi connectivity index (χ3n) is 3.23. The molecule has 0 fully saturated rings. The summed E-state index contributed by atoms with van der Waals surface area (Å²) in [6.45, 7) is 0.715. The Morgan fingerprint density at radius 1 is 1.28 bits per heavy atom. The lowest BCUT2D eigenvalue weighted by Crippen LogP contribution is -2.39. The minimum atomic E-state index is -4.08. The Hall–Kier alpha value is -0.660. The molecule has 0 spiro atoms. The molecule has 1 heterocycles. The van der Waals surface area contributed by atoms with Gasteiger partial charge < -0.3 is 4.55 Å². The Balaban J connectivity index is 1.95. The zero-order valence-corrected chi connectivity index (χ0v) is 11.9. The Bertz CT molecular complexity index is 523. The van der Waals surface area contributed by atoms with Gasteiger partial charge in [0.25, 0.3) is 0 Å². The molecule has 5 nitrogen and oxygen atoms in total. The van der Waals surface area contributed by atoms with Gasteiger partial charge in [0, 0.05) is 12.2 Å². The SMILES string of the molecule is Nc1sc2c([n+]1CCCCS(=O)(=O)[O-])CCCC2. The van der Waals surface area contributed by atoms with E-state index in [0.717, 1.165) is 18.0 Å². The summed E-state index contributed by atoms with van der Waals surface area (Å²) in [6, 6.07) is 0. The second-order valence-electron chi connectivity index (χ2n) is 4.64. The van der Waals surface area contributed by atoms with Crippen LogP contribution >= 0.6 is 11.3 Å². The van der Waals surface area contributed by atoms with Crippen LogP contribution in [0.3, 0.4) is 0 Å². The highest BCUT2D eigenvalue weighted by Crippen LogP contribution is 2.26. The first-order chi connectivity index (χ1) is 8.47. The maximum absolute atomic E-state index is 10.5. The number of thiazole rings is 1. The lowest BCUT2D eigenvalue weighted by atomic mass is 10.0. The Morgan fingerprint density at radius 2 is 2.00 bits per heavy atom. The van der Waals surface area contributed by atoms with Gasteiger partial charge in [0.15, 0.2) is 0 Å². The number of nitrogens with two attached hydrogens (primary N) is 1. The molecule has 2 N–H and O–H groups in total. The van der Waals surface area contributed by atoms with Gasteiger partial charge in [-0.05, 0) is 32.1 Å². The fraction of sp³-hybridized carbons (Fsp3) is 0.727. The monoisotopic (exact) mass is 290 g/mol. The normalized spacial score (nSPS) is 15.6. The molecule has 0 bridgehead atoms. The summed E-state index contributed by atoms with van der Waals surface area (Å²) in [5.74, 6) is -0.278. The van der Waals surface area contributed by atoms with E-state index in [1.165, 1.54) is 23.4 Å². The van der Waals surface area contributed by atoms with Crippen molar-refractivity contribution in [3.63, 3.8) is 0 Å². The van der Waals surface area contributed by atoms with Gasteiger partial charge in [-0.2, -0.15) is 0 Å². The van der Waals surface area contributed by atoms with Gasteiger partial charge in [0.2, 0.25) is 0 Å². The molecule has 7 heteroatoms. The van der Waals surface area contributed by atoms with Crippen molar-refractivity contribution in [1.82, 2.24) is 0 Å². The van der Waals surface area contributed by atoms with E-state index in [4.69, 9.17) is 5.73 Å². The molecule has 0 radical (unpaired) electrons. The lowest BCUT2D eigenvalue weighted by Gasteiger charge is -2.10. The van der Waals surface area contributed by atoms with E-state index in [9.17, 15) is 13.0 Å². The third-order valence-corrected chi connectivity index (χ3v) is 5.14. The van der Waals surface area contributed by atoms with Gasteiger partial charge >= 0.3 is 5.13 Å². The van der Waals surface area contributed by atoms with E-state index >= 15 is 0 Å². The van der Waals surface area contributed by atoms with Crippen LogP contribution in [0.1, 0.15) is 36.3 Å². The molecule has 0 amide bonds. The molecule has 18 heavy (non-hydrogen) atoms. The number of unbranched alkanes of at least 4 members (excludes halogenated alkanes) is 1. The largest absolute Gasteiger partial charge is 0.748 e. The smallest absolute Gasteiger partial charge is 0.332 e. The van der Waals surface area contributed by atoms with Gasteiger partial charge in [0.1, 0.15) is 5.69 Å². The first kappa shape index (κ1) is 13.8. The summed E-state index contributed by atoms with van der Waals surface area (Å²) in [4.78, 5) is 1.37. The molecule has 0 aromatic carbocycles. The molecule has 0 aliphatic heterocycles. The predicted molar refractivity (Wildman–Crippen MR) is 69.4 cm³/mol. The average Bonchev–Trinajstić information content (AvgIpc) is 2.59. The summed E-state index contributed by atoms with van der Waals surface area (Å²) in [6.07, 6.45) is 5.66. The number of fused-ring (bicyclic) bond motifs is 1. The zero-order chi connectivity index (χ0) is 13.2. The Kier molecular flexibility index (Phi) is 4.24. The van der Waals surface area contributed by atoms with Crippen molar-refractivity contribution < 1.29 is 17.5 Å². The van der Waals surface area contributed by atoms with Crippen LogP contribution < -0.4 is 10.3 Å². The summed E-state index contributed by atoms with van der Waals surface area (Å²) >= 11 is 1.64. The highest BCUT2D eigenvalue weighted by atomic mass is 32.2. The molecule has 0 unspecified atom stereocenters. The molecule has 0 saturated carbocycles. The number of aryl methyl sites for hydroxylation is 1. The number of hydrogen-bond acceptors (Lipinski definition) is 5. The summed E-state index contributed by atoms with van der Waals surface area (Å²) in [5.41, 5.74) is 7.30. The second-order valence-corrected chi connectivity index (χ2v) is 7.28. The van der Waals surface area contributed by atoms with Crippen molar-refractivity contribution in [1.29, 1.82) is 0 Å². The fourth-order valence-electron chi connectivity index (χ4n) is 2.37. The molecule has 0 saturated heterocycles. The van der Waals surface area contributed by atoms with Crippen LogP contribution in [-0.4, -0.2) is 18.7 Å². The quantitative estimate of drug-likeness (QED) is 0.494. The minimum Gasteiger partial charge on any atom is -0.748 e. The zero-order valence-electron chi connectivity index (χ0n) is 10.2. The van der Waals surface area contributed by atoms with E-state index in [2.05, 4.69) is 4.57 Å². The average molecular weight is 290 g/mol. The van der Waals surface area contributed by atoms with Gasteiger partial charge in [-0.1, -0.05) is 11.3 Å². The number of nitrogens with zero attached hydrogens (tertiary/aromatic N) is 1. The number of aromatic nitrogens is 1. The molecule has 1 aromatic rings. The van der Waals surface area contributed by atoms with Crippen LogP contribution in [0.25, 0.3) is 0 Å². The highest BCUT2D eigenvalue weighted by molar-refractivity contribution is 7.85. The molecule has 0 atom stereocenters. The second kappa shape index (κ2) is 5.54. The van der Waals surface area contributed by atoms with Crippen molar-refractivity contribution in [3.05, 3.63) is 10.6 Å². The van der Waals surface area contributed by atoms with E-state index in [1.807, 2.05) is 0 Å². The number of anilines is 1. The molecular formula is C11H18N2O3S2. The van der Waals surface area contributed by atoms with Gasteiger partial charge in [0.05, 0.1) is 21.5 Å². The van der Waals surface area contributed by atoms with Crippen molar-refractivity contribution in [2.45, 2.75) is 45.1 Å². The van der Waals surface area contributed by atoms with Crippen LogP contribution in [0, 0.1) is 0 Å². The molecule has 1 aliphatic carbocycles. The maximum atomic E-state index is 10.5. The molecule has 102 valence electrons. The van der Waals surface area contributed by atoms with Crippen LogP contribution in [0.4, 0.5) is 5.13 Å². The molecule has 2 rings (SSSR count). The highest BCUT2D eigenvalue weighted by Gasteiger charge is 2.23. The van der Waals surface area contributed by atoms with Crippen LogP contribution in [0.5, 0.6) is 0 Å². The third kappa shape index (κ3) is 3.43. The lowest BCUT2D eigenvalue weighted by molar-refractivity contribution is -0.687. The molecule has 1 aliphatic rings. The molecular weight excluding hydrogens is 272 g/mol. The van der Waals surface area contributed by atoms with Crippen LogP contribution in [-0.2, 0) is 29.5 Å². The predicted octanol–water partition coefficient (Wildman–Crippen LogP) is 0.822. The van der Waals surface area contributed by atoms with Gasteiger partial charge in [-0.3, -0.25) is 5.73 Å². The number of hydrogen-bond donors (Lipinski definition) is 1. The standard InChI is InChI=1S/C11H18N2O3S2/c12-11-13(7-3-4-8-18(14,15)16)9-5-1-2-6-10(9)17-11/h12H,1-8H2,(H,14,15,16). The topological polar surface area (TPSA) is 87.1 Å². The first-order valence-corrected chi connectivity index (χ1v) is 8.60. The number of nitrogen functional groups attached to an aromatic ring is 1. The van der Waals surface area contributed by atoms with Crippen LogP contribution in [0.15, 0.2) is 0 Å². The fourth-order valence-corrected chi connectivity index (χ4v) is 4.06. The van der Waals surface area contributed by atoms with Gasteiger partial charge in [-0.25, -0.2) is 13.0 Å². The minimum absolute atomic E-state index is 0.278. The summed E-state index contributed by atoms with van der Waals surface area (Å²) in [7, 11) is -4.08. The Labute approximate surface area is 111 Å². The summed E-state index contributed by atoms with van der Waals surface area (Å²) < 4.78 is 33.6. The van der Waals surface area contributed by atoms with Crippen molar-refractivity contribution in [3.8, 4) is 0 Å². The summed E-state index contributed by atoms with van der Waals surface area (Å²) in [5, 5.41) is 0.798. The van der Waals surface area contributed by atoms with E-state index in [0.29, 0.717) is 19.4 Å². The first-order valence-electron chi connectivity index (χ1n) is 6.21. The molecule has 1 aromatic heterocycles. The maximum Gasteiger partial charge on any atom is 0.332 e. The van der Waals surface area contributed by atoms with E-state index < -0.39 is 10.1 Å². The number of rotatable bonds is 5. The van der Waals surface area contributed by atoms with Crippen molar-refractivity contribution in [2.75, 3.05) is 11.5 Å².